The Morgan fingerprint density at radius 2 is 1.79 bits per heavy atom. The van der Waals surface area contributed by atoms with Crippen LogP contribution < -0.4 is 0 Å². The van der Waals surface area contributed by atoms with Gasteiger partial charge in [0.25, 0.3) is 0 Å². The minimum absolute atomic E-state index is 0.281. The number of nitrogens with zero attached hydrogens (tertiary/aromatic N) is 4. The highest BCUT2D eigenvalue weighted by Crippen LogP contribution is 2.22. The van der Waals surface area contributed by atoms with E-state index >= 15 is 0 Å². The predicted molar refractivity (Wildman–Crippen MR) is 109 cm³/mol. The highest BCUT2D eigenvalue weighted by molar-refractivity contribution is 5.76. The summed E-state index contributed by atoms with van der Waals surface area (Å²) in [5, 5.41) is 8.42. The molecule has 144 valence electrons. The maximum atomic E-state index is 12.6. The molecule has 1 saturated heterocycles. The third-order valence-corrected chi connectivity index (χ3v) is 5.46. The lowest BCUT2D eigenvalue weighted by molar-refractivity contribution is -0.130. The van der Waals surface area contributed by atoms with Gasteiger partial charge in [-0.3, -0.25) is 9.36 Å². The summed E-state index contributed by atoms with van der Waals surface area (Å²) in [5.74, 6) is 1.70. The molecule has 0 bridgehead atoms. The quantitative estimate of drug-likeness (QED) is 0.634. The molecule has 3 aromatic rings. The fourth-order valence-corrected chi connectivity index (χ4v) is 3.93. The fourth-order valence-electron chi connectivity index (χ4n) is 3.93. The first kappa shape index (κ1) is 18.4. The Hall–Kier alpha value is -2.95. The standard InChI is InChI=1S/C23H26N4O/c28-23(13-7-10-19-8-3-1-4-9-19)26-15-14-20(17-26)16-22-25-24-18-27(22)21-11-5-2-6-12-21/h1-6,8-9,11-12,18,20H,7,10,13-17H2. The first-order valence-corrected chi connectivity index (χ1v) is 10.1. The van der Waals surface area contributed by atoms with Crippen LogP contribution in [-0.2, 0) is 17.6 Å². The molecule has 0 spiro atoms. The van der Waals surface area contributed by atoms with Gasteiger partial charge < -0.3 is 4.90 Å². The van der Waals surface area contributed by atoms with Crippen molar-refractivity contribution in [3.05, 3.63) is 78.4 Å². The van der Waals surface area contributed by atoms with Crippen molar-refractivity contribution < 1.29 is 4.79 Å². The van der Waals surface area contributed by atoms with Gasteiger partial charge in [0.15, 0.2) is 0 Å². The Balaban J connectivity index is 1.28. The second-order valence-electron chi connectivity index (χ2n) is 7.49. The van der Waals surface area contributed by atoms with Crippen LogP contribution in [0, 0.1) is 5.92 Å². The van der Waals surface area contributed by atoms with Gasteiger partial charge in [-0.15, -0.1) is 10.2 Å². The van der Waals surface area contributed by atoms with Crippen molar-refractivity contribution in [3.8, 4) is 5.69 Å². The summed E-state index contributed by atoms with van der Waals surface area (Å²) < 4.78 is 2.05. The van der Waals surface area contributed by atoms with E-state index in [1.165, 1.54) is 5.56 Å². The number of carbonyl (C=O) groups is 1. The van der Waals surface area contributed by atoms with E-state index in [4.69, 9.17) is 0 Å². The molecule has 2 heterocycles. The van der Waals surface area contributed by atoms with Crippen molar-refractivity contribution in [2.45, 2.75) is 32.1 Å². The van der Waals surface area contributed by atoms with E-state index in [-0.39, 0.29) is 5.91 Å². The molecule has 5 heteroatoms. The van der Waals surface area contributed by atoms with Crippen molar-refractivity contribution in [2.75, 3.05) is 13.1 Å². The number of aromatic nitrogens is 3. The maximum absolute atomic E-state index is 12.6. The number of benzene rings is 2. The second kappa shape index (κ2) is 8.83. The molecule has 28 heavy (non-hydrogen) atoms. The predicted octanol–water partition coefficient (Wildman–Crippen LogP) is 3.68. The normalized spacial score (nSPS) is 16.4. The zero-order valence-corrected chi connectivity index (χ0v) is 16.1. The molecule has 0 N–H and O–H groups in total. The number of rotatable bonds is 7. The number of likely N-dealkylation sites (tertiary alicyclic amines) is 1. The minimum atomic E-state index is 0.281. The van der Waals surface area contributed by atoms with Gasteiger partial charge in [-0.05, 0) is 42.9 Å². The fraction of sp³-hybridized carbons (Fsp3) is 0.348. The number of aryl methyl sites for hydroxylation is 1. The van der Waals surface area contributed by atoms with Crippen molar-refractivity contribution in [2.24, 2.45) is 5.92 Å². The van der Waals surface area contributed by atoms with Crippen LogP contribution >= 0.6 is 0 Å². The molecule has 0 radical (unpaired) electrons. The Morgan fingerprint density at radius 3 is 2.57 bits per heavy atom. The van der Waals surface area contributed by atoms with Gasteiger partial charge >= 0.3 is 0 Å². The SMILES string of the molecule is O=C(CCCc1ccccc1)N1CCC(Cc2nncn2-c2ccccc2)C1. The van der Waals surface area contributed by atoms with Crippen molar-refractivity contribution in [1.29, 1.82) is 0 Å². The van der Waals surface area contributed by atoms with Gasteiger partial charge in [0.05, 0.1) is 0 Å². The average Bonchev–Trinajstić information content (AvgIpc) is 3.39. The maximum Gasteiger partial charge on any atom is 0.222 e. The van der Waals surface area contributed by atoms with Crippen LogP contribution in [0.1, 0.15) is 30.7 Å². The largest absolute Gasteiger partial charge is 0.342 e. The van der Waals surface area contributed by atoms with Crippen LogP contribution in [0.25, 0.3) is 5.69 Å². The lowest BCUT2D eigenvalue weighted by Gasteiger charge is -2.16. The summed E-state index contributed by atoms with van der Waals surface area (Å²) in [4.78, 5) is 14.6. The molecule has 4 rings (SSSR count). The minimum Gasteiger partial charge on any atom is -0.342 e. The molecule has 1 unspecified atom stereocenters. The summed E-state index contributed by atoms with van der Waals surface area (Å²) in [5.41, 5.74) is 2.38. The van der Waals surface area contributed by atoms with E-state index in [1.807, 2.05) is 33.7 Å². The van der Waals surface area contributed by atoms with Crippen LogP contribution in [0.2, 0.25) is 0 Å². The summed E-state index contributed by atoms with van der Waals surface area (Å²) >= 11 is 0. The van der Waals surface area contributed by atoms with Crippen molar-refractivity contribution in [3.63, 3.8) is 0 Å². The molecule has 1 aromatic heterocycles. The molecule has 2 aromatic carbocycles. The number of carbonyl (C=O) groups excluding carboxylic acids is 1. The van der Waals surface area contributed by atoms with Crippen LogP contribution in [0.5, 0.6) is 0 Å². The van der Waals surface area contributed by atoms with E-state index < -0.39 is 0 Å². The van der Waals surface area contributed by atoms with E-state index in [0.29, 0.717) is 12.3 Å². The molecule has 5 nitrogen and oxygen atoms in total. The van der Waals surface area contributed by atoms with Crippen LogP contribution in [0.4, 0.5) is 0 Å². The van der Waals surface area contributed by atoms with Gasteiger partial charge in [0, 0.05) is 31.6 Å². The first-order chi connectivity index (χ1) is 13.8. The third kappa shape index (κ3) is 4.47. The topological polar surface area (TPSA) is 51.0 Å². The van der Waals surface area contributed by atoms with Gasteiger partial charge in [-0.25, -0.2) is 0 Å². The number of hydrogen-bond acceptors (Lipinski definition) is 3. The van der Waals surface area contributed by atoms with Crippen LogP contribution in [0.3, 0.4) is 0 Å². The Bertz CT molecular complexity index is 891. The lowest BCUT2D eigenvalue weighted by atomic mass is 10.0. The van der Waals surface area contributed by atoms with Gasteiger partial charge in [-0.1, -0.05) is 48.5 Å². The summed E-state index contributed by atoms with van der Waals surface area (Å²) in [6, 6.07) is 20.5. The Morgan fingerprint density at radius 1 is 1.04 bits per heavy atom. The highest BCUT2D eigenvalue weighted by Gasteiger charge is 2.27. The van der Waals surface area contributed by atoms with E-state index in [9.17, 15) is 4.79 Å². The summed E-state index contributed by atoms with van der Waals surface area (Å²) in [6.07, 6.45) is 6.15. The molecule has 1 aliphatic rings. The number of amides is 1. The summed E-state index contributed by atoms with van der Waals surface area (Å²) in [6.45, 7) is 1.68. The number of hydrogen-bond donors (Lipinski definition) is 0. The molecular weight excluding hydrogens is 348 g/mol. The monoisotopic (exact) mass is 374 g/mol. The zero-order valence-electron chi connectivity index (χ0n) is 16.1. The van der Waals surface area contributed by atoms with Crippen molar-refractivity contribution in [1.82, 2.24) is 19.7 Å². The van der Waals surface area contributed by atoms with Crippen LogP contribution in [0.15, 0.2) is 67.0 Å². The molecule has 0 aliphatic carbocycles. The zero-order chi connectivity index (χ0) is 19.2. The van der Waals surface area contributed by atoms with Crippen LogP contribution in [-0.4, -0.2) is 38.7 Å². The van der Waals surface area contributed by atoms with Crippen molar-refractivity contribution >= 4 is 5.91 Å². The Labute approximate surface area is 166 Å². The molecule has 1 fully saturated rings. The average molecular weight is 374 g/mol. The van der Waals surface area contributed by atoms with Gasteiger partial charge in [0.2, 0.25) is 5.91 Å². The van der Waals surface area contributed by atoms with Gasteiger partial charge in [-0.2, -0.15) is 0 Å². The van der Waals surface area contributed by atoms with E-state index in [1.54, 1.807) is 6.33 Å². The van der Waals surface area contributed by atoms with E-state index in [2.05, 4.69) is 46.6 Å². The molecular formula is C23H26N4O. The lowest BCUT2D eigenvalue weighted by Crippen LogP contribution is -2.28. The highest BCUT2D eigenvalue weighted by atomic mass is 16.2. The third-order valence-electron chi connectivity index (χ3n) is 5.46. The molecule has 1 amide bonds. The van der Waals surface area contributed by atoms with E-state index in [0.717, 1.165) is 50.3 Å². The second-order valence-corrected chi connectivity index (χ2v) is 7.49. The first-order valence-electron chi connectivity index (χ1n) is 10.1. The Kier molecular flexibility index (Phi) is 5.80. The summed E-state index contributed by atoms with van der Waals surface area (Å²) in [7, 11) is 0. The molecule has 1 aliphatic heterocycles. The molecule has 1 atom stereocenters. The van der Waals surface area contributed by atoms with Gasteiger partial charge in [0.1, 0.15) is 12.2 Å². The molecule has 0 saturated carbocycles. The smallest absolute Gasteiger partial charge is 0.222 e. The number of para-hydroxylation sites is 1.